The molecule has 0 bridgehead atoms. The first-order chi connectivity index (χ1) is 12.0. The van der Waals surface area contributed by atoms with Gasteiger partial charge in [-0.05, 0) is 11.6 Å². The van der Waals surface area contributed by atoms with Gasteiger partial charge < -0.3 is 14.7 Å². The van der Waals surface area contributed by atoms with Crippen LogP contribution in [0.15, 0.2) is 48.7 Å². The van der Waals surface area contributed by atoms with Gasteiger partial charge in [-0.25, -0.2) is 9.78 Å². The Kier molecular flexibility index (Phi) is 4.51. The molecule has 1 saturated heterocycles. The van der Waals surface area contributed by atoms with Crippen molar-refractivity contribution in [2.75, 3.05) is 18.0 Å². The molecule has 25 heavy (non-hydrogen) atoms. The Bertz CT molecular complexity index is 773. The summed E-state index contributed by atoms with van der Waals surface area (Å²) in [7, 11) is 0. The molecule has 1 N–H and O–H groups in total. The largest absolute Gasteiger partial charge is 0.506 e. The van der Waals surface area contributed by atoms with Crippen LogP contribution in [0.4, 0.5) is 16.3 Å². The van der Waals surface area contributed by atoms with Gasteiger partial charge in [-0.2, -0.15) is 0 Å². The Morgan fingerprint density at radius 3 is 2.48 bits per heavy atom. The maximum Gasteiger partial charge on any atom is 0.506 e. The molecular formula is C17H17N3O5. The molecule has 1 fully saturated rings. The van der Waals surface area contributed by atoms with E-state index in [-0.39, 0.29) is 5.69 Å². The number of anilines is 1. The van der Waals surface area contributed by atoms with E-state index in [0.717, 1.165) is 5.56 Å². The van der Waals surface area contributed by atoms with Gasteiger partial charge in [0.05, 0.1) is 4.92 Å². The van der Waals surface area contributed by atoms with Gasteiger partial charge in [0.1, 0.15) is 5.60 Å². The zero-order valence-corrected chi connectivity index (χ0v) is 13.4. The second-order valence-corrected chi connectivity index (χ2v) is 5.82. The summed E-state index contributed by atoms with van der Waals surface area (Å²) in [5.41, 5.74) is -0.228. The van der Waals surface area contributed by atoms with Gasteiger partial charge >= 0.3 is 11.8 Å². The van der Waals surface area contributed by atoms with E-state index in [1.54, 1.807) is 4.90 Å². The fraction of sp³-hybridized carbons (Fsp3) is 0.294. The maximum atomic E-state index is 11.2. The van der Waals surface area contributed by atoms with Crippen molar-refractivity contribution in [1.29, 1.82) is 0 Å². The van der Waals surface area contributed by atoms with Gasteiger partial charge in [-0.3, -0.25) is 10.1 Å². The van der Waals surface area contributed by atoms with Gasteiger partial charge in [-0.1, -0.05) is 30.3 Å². The number of hydrogen-bond donors (Lipinski definition) is 1. The summed E-state index contributed by atoms with van der Waals surface area (Å²) in [6.07, 6.45) is 0.949. The van der Waals surface area contributed by atoms with Crippen LogP contribution < -0.4 is 4.90 Å². The van der Waals surface area contributed by atoms with Crippen molar-refractivity contribution in [3.8, 4) is 0 Å². The number of pyridine rings is 1. The van der Waals surface area contributed by atoms with E-state index in [4.69, 9.17) is 9.84 Å². The molecule has 8 heteroatoms. The lowest BCUT2D eigenvalue weighted by atomic mass is 9.84. The van der Waals surface area contributed by atoms with E-state index in [2.05, 4.69) is 4.98 Å². The average molecular weight is 343 g/mol. The quantitative estimate of drug-likeness (QED) is 0.516. The first-order valence-electron chi connectivity index (χ1n) is 7.84. The first kappa shape index (κ1) is 16.7. The zero-order valence-electron chi connectivity index (χ0n) is 13.4. The van der Waals surface area contributed by atoms with Crippen LogP contribution in [0.1, 0.15) is 18.4 Å². The molecule has 130 valence electrons. The van der Waals surface area contributed by atoms with Crippen LogP contribution in [0.25, 0.3) is 0 Å². The van der Waals surface area contributed by atoms with E-state index < -0.39 is 16.7 Å². The average Bonchev–Trinajstić information content (AvgIpc) is 2.62. The third kappa shape index (κ3) is 3.37. The van der Waals surface area contributed by atoms with Crippen molar-refractivity contribution in [2.45, 2.75) is 18.4 Å². The van der Waals surface area contributed by atoms with Crippen LogP contribution in [0.3, 0.4) is 0 Å². The Morgan fingerprint density at radius 2 is 1.88 bits per heavy atom. The molecule has 3 rings (SSSR count). The van der Waals surface area contributed by atoms with Gasteiger partial charge in [-0.15, -0.1) is 0 Å². The van der Waals surface area contributed by atoms with E-state index >= 15 is 0 Å². The highest BCUT2D eigenvalue weighted by atomic mass is 16.7. The summed E-state index contributed by atoms with van der Waals surface area (Å²) in [5.74, 6) is 0.296. The summed E-state index contributed by atoms with van der Waals surface area (Å²) < 4.78 is 5.26. The predicted molar refractivity (Wildman–Crippen MR) is 89.6 cm³/mol. The fourth-order valence-electron chi connectivity index (χ4n) is 3.21. The molecule has 1 aliphatic heterocycles. The summed E-state index contributed by atoms with van der Waals surface area (Å²) in [6, 6.07) is 12.1. The van der Waals surface area contributed by atoms with Gasteiger partial charge in [0, 0.05) is 38.2 Å². The molecule has 0 amide bonds. The van der Waals surface area contributed by atoms with Crippen LogP contribution in [0.2, 0.25) is 0 Å². The van der Waals surface area contributed by atoms with Crippen molar-refractivity contribution in [2.24, 2.45) is 0 Å². The summed E-state index contributed by atoms with van der Waals surface area (Å²) in [4.78, 5) is 27.9. The summed E-state index contributed by atoms with van der Waals surface area (Å²) >= 11 is 0. The van der Waals surface area contributed by atoms with Crippen molar-refractivity contribution in [3.63, 3.8) is 0 Å². The monoisotopic (exact) mass is 343 g/mol. The third-order valence-corrected chi connectivity index (χ3v) is 4.42. The van der Waals surface area contributed by atoms with Crippen LogP contribution in [-0.2, 0) is 10.3 Å². The molecule has 0 saturated carbocycles. The number of piperidine rings is 1. The Balaban J connectivity index is 1.86. The van der Waals surface area contributed by atoms with Gasteiger partial charge in [0.25, 0.3) is 0 Å². The molecule has 1 aromatic carbocycles. The second kappa shape index (κ2) is 6.76. The van der Waals surface area contributed by atoms with E-state index in [1.807, 2.05) is 30.3 Å². The fourth-order valence-corrected chi connectivity index (χ4v) is 3.21. The van der Waals surface area contributed by atoms with Crippen molar-refractivity contribution < 1.29 is 19.6 Å². The number of carboxylic acid groups (broad SMARTS) is 1. The third-order valence-electron chi connectivity index (χ3n) is 4.42. The molecule has 2 aromatic rings. The topological polar surface area (TPSA) is 106 Å². The minimum Gasteiger partial charge on any atom is -0.450 e. The lowest BCUT2D eigenvalue weighted by Crippen LogP contribution is -2.45. The summed E-state index contributed by atoms with van der Waals surface area (Å²) in [5, 5.41) is 20.3. The molecule has 1 aromatic heterocycles. The molecule has 0 aliphatic carbocycles. The molecule has 0 radical (unpaired) electrons. The highest BCUT2D eigenvalue weighted by Crippen LogP contribution is 2.39. The predicted octanol–water partition coefficient (Wildman–Crippen LogP) is 3.18. The molecule has 8 nitrogen and oxygen atoms in total. The SMILES string of the molecule is O=C(O)OC1(c2ccccc2)CCN(c2ncccc2[N+](=O)[O-])CC1. The standard InChI is InChI=1S/C17H17N3O5/c21-16(22)25-17(13-5-2-1-3-6-13)8-11-19(12-9-17)15-14(20(23)24)7-4-10-18-15/h1-7,10H,8-9,11-12H2,(H,21,22). The van der Waals surface area contributed by atoms with Gasteiger partial charge in [0.2, 0.25) is 5.82 Å². The second-order valence-electron chi connectivity index (χ2n) is 5.82. The Labute approximate surface area is 143 Å². The number of rotatable bonds is 4. The van der Waals surface area contributed by atoms with E-state index in [9.17, 15) is 14.9 Å². The molecule has 0 spiro atoms. The number of hydrogen-bond acceptors (Lipinski definition) is 6. The molecule has 2 heterocycles. The molecule has 1 aliphatic rings. The van der Waals surface area contributed by atoms with Crippen molar-refractivity contribution >= 4 is 17.7 Å². The van der Waals surface area contributed by atoms with Crippen molar-refractivity contribution in [3.05, 3.63) is 64.3 Å². The number of nitrogens with zero attached hydrogens (tertiary/aromatic N) is 3. The molecule has 0 atom stereocenters. The normalized spacial score (nSPS) is 16.2. The van der Waals surface area contributed by atoms with Crippen LogP contribution >= 0.6 is 0 Å². The van der Waals surface area contributed by atoms with Crippen LogP contribution in [0, 0.1) is 10.1 Å². The summed E-state index contributed by atoms with van der Waals surface area (Å²) in [6.45, 7) is 0.806. The van der Waals surface area contributed by atoms with Crippen LogP contribution in [0.5, 0.6) is 0 Å². The van der Waals surface area contributed by atoms with Crippen LogP contribution in [-0.4, -0.2) is 34.3 Å². The van der Waals surface area contributed by atoms with E-state index in [1.165, 1.54) is 18.3 Å². The number of nitro groups is 1. The van der Waals surface area contributed by atoms with Gasteiger partial charge in [0.15, 0.2) is 0 Å². The van der Waals surface area contributed by atoms with E-state index in [0.29, 0.717) is 31.7 Å². The smallest absolute Gasteiger partial charge is 0.450 e. The maximum absolute atomic E-state index is 11.2. The minimum absolute atomic E-state index is 0.0612. The zero-order chi connectivity index (χ0) is 17.9. The number of carbonyl (C=O) groups is 1. The lowest BCUT2D eigenvalue weighted by Gasteiger charge is -2.40. The Hall–Kier alpha value is -3.16. The molecule has 0 unspecified atom stereocenters. The highest BCUT2D eigenvalue weighted by Gasteiger charge is 2.41. The highest BCUT2D eigenvalue weighted by molar-refractivity contribution is 5.59. The first-order valence-corrected chi connectivity index (χ1v) is 7.84. The number of ether oxygens (including phenoxy) is 1. The number of aromatic nitrogens is 1. The Morgan fingerprint density at radius 1 is 1.20 bits per heavy atom. The van der Waals surface area contributed by atoms with Crippen molar-refractivity contribution in [1.82, 2.24) is 4.98 Å². The number of benzene rings is 1. The minimum atomic E-state index is -1.33. The molecular weight excluding hydrogens is 326 g/mol. The lowest BCUT2D eigenvalue weighted by molar-refractivity contribution is -0.384.